The van der Waals surface area contributed by atoms with Crippen LogP contribution in [0.25, 0.3) is 10.2 Å². The number of rotatable bonds is 3. The second-order valence-corrected chi connectivity index (χ2v) is 7.66. The fourth-order valence-electron chi connectivity index (χ4n) is 2.57. The average Bonchev–Trinajstić information content (AvgIpc) is 2.86. The van der Waals surface area contributed by atoms with Crippen LogP contribution in [-0.2, 0) is 4.79 Å². The Hall–Kier alpha value is -2.18. The second-order valence-electron chi connectivity index (χ2n) is 6.05. The van der Waals surface area contributed by atoms with Gasteiger partial charge >= 0.3 is 0 Å². The van der Waals surface area contributed by atoms with Crippen LogP contribution in [0, 0.1) is 20.8 Å². The van der Waals surface area contributed by atoms with Crippen molar-refractivity contribution < 1.29 is 4.79 Å². The van der Waals surface area contributed by atoms with Gasteiger partial charge in [-0.25, -0.2) is 4.98 Å². The Morgan fingerprint density at radius 1 is 1.32 bits per heavy atom. The van der Waals surface area contributed by atoms with Gasteiger partial charge in [0.2, 0.25) is 5.91 Å². The zero-order chi connectivity index (χ0) is 18.3. The summed E-state index contributed by atoms with van der Waals surface area (Å²) in [5.41, 5.74) is 2.25. The van der Waals surface area contributed by atoms with Crippen LogP contribution in [0.15, 0.2) is 29.3 Å². The Bertz CT molecular complexity index is 1040. The predicted molar refractivity (Wildman–Crippen MR) is 103 cm³/mol. The van der Waals surface area contributed by atoms with Crippen molar-refractivity contribution in [3.05, 3.63) is 55.9 Å². The van der Waals surface area contributed by atoms with Crippen molar-refractivity contribution in [1.29, 1.82) is 0 Å². The number of anilines is 1. The fraction of sp³-hybridized carbons (Fsp3) is 0.278. The van der Waals surface area contributed by atoms with Crippen LogP contribution >= 0.6 is 22.9 Å². The standard InChI is InChI=1S/C18H18ClN3O2S/c1-9-5-6-13(7-14(9)19)21-16(23)11(3)22-8-20-17-15(18(22)24)10(2)12(4)25-17/h5-8,11H,1-4H3,(H,21,23)/t11-/m0/s1. The minimum absolute atomic E-state index is 0.198. The third-order valence-corrected chi connectivity index (χ3v) is 5.87. The second kappa shape index (κ2) is 6.61. The number of hydrogen-bond acceptors (Lipinski definition) is 4. The van der Waals surface area contributed by atoms with E-state index in [2.05, 4.69) is 10.3 Å². The summed E-state index contributed by atoms with van der Waals surface area (Å²) in [5, 5.41) is 3.96. The van der Waals surface area contributed by atoms with E-state index in [0.29, 0.717) is 20.9 Å². The highest BCUT2D eigenvalue weighted by atomic mass is 35.5. The molecule has 0 radical (unpaired) electrons. The molecule has 3 aromatic rings. The maximum absolute atomic E-state index is 12.8. The third-order valence-electron chi connectivity index (χ3n) is 4.35. The van der Waals surface area contributed by atoms with E-state index in [1.807, 2.05) is 26.8 Å². The van der Waals surface area contributed by atoms with Gasteiger partial charge in [0.15, 0.2) is 0 Å². The van der Waals surface area contributed by atoms with Gasteiger partial charge in [0.1, 0.15) is 10.9 Å². The van der Waals surface area contributed by atoms with Crippen LogP contribution in [0.1, 0.15) is 29.0 Å². The molecule has 5 nitrogen and oxygen atoms in total. The van der Waals surface area contributed by atoms with Crippen molar-refractivity contribution in [3.63, 3.8) is 0 Å². The predicted octanol–water partition coefficient (Wildman–Crippen LogP) is 4.24. The lowest BCUT2D eigenvalue weighted by Crippen LogP contribution is -2.31. The lowest BCUT2D eigenvalue weighted by Gasteiger charge is -2.15. The number of nitrogens with one attached hydrogen (secondary N) is 1. The molecule has 3 rings (SSSR count). The number of thiophene rings is 1. The molecule has 7 heteroatoms. The number of halogens is 1. The highest BCUT2D eigenvalue weighted by Crippen LogP contribution is 2.26. The van der Waals surface area contributed by atoms with Gasteiger partial charge in [-0.3, -0.25) is 14.2 Å². The molecule has 2 aromatic heterocycles. The van der Waals surface area contributed by atoms with Crippen molar-refractivity contribution in [1.82, 2.24) is 9.55 Å². The highest BCUT2D eigenvalue weighted by Gasteiger charge is 2.20. The number of carbonyl (C=O) groups is 1. The van der Waals surface area contributed by atoms with Crippen molar-refractivity contribution in [2.45, 2.75) is 33.7 Å². The number of fused-ring (bicyclic) bond motifs is 1. The number of aryl methyl sites for hydroxylation is 3. The molecule has 0 fully saturated rings. The molecule has 0 spiro atoms. The largest absolute Gasteiger partial charge is 0.324 e. The van der Waals surface area contributed by atoms with Gasteiger partial charge in [0.05, 0.1) is 11.7 Å². The van der Waals surface area contributed by atoms with E-state index in [-0.39, 0.29) is 11.5 Å². The lowest BCUT2D eigenvalue weighted by molar-refractivity contribution is -0.118. The van der Waals surface area contributed by atoms with Gasteiger partial charge in [0, 0.05) is 15.6 Å². The van der Waals surface area contributed by atoms with Crippen LogP contribution in [0.4, 0.5) is 5.69 Å². The Labute approximate surface area is 154 Å². The van der Waals surface area contributed by atoms with Gasteiger partial charge in [-0.15, -0.1) is 11.3 Å². The first-order chi connectivity index (χ1) is 11.8. The SMILES string of the molecule is Cc1ccc(NC(=O)[C@H](C)n2cnc3sc(C)c(C)c3c2=O)cc1Cl. The Morgan fingerprint density at radius 2 is 2.04 bits per heavy atom. The van der Waals surface area contributed by atoms with E-state index in [4.69, 9.17) is 11.6 Å². The van der Waals surface area contributed by atoms with E-state index in [1.54, 1.807) is 19.1 Å². The molecule has 0 saturated carbocycles. The maximum Gasteiger partial charge on any atom is 0.263 e. The molecule has 1 N–H and O–H groups in total. The van der Waals surface area contributed by atoms with Gasteiger partial charge in [-0.1, -0.05) is 17.7 Å². The summed E-state index contributed by atoms with van der Waals surface area (Å²) in [6.45, 7) is 7.43. The molecule has 1 aromatic carbocycles. The monoisotopic (exact) mass is 375 g/mol. The van der Waals surface area contributed by atoms with E-state index in [9.17, 15) is 9.59 Å². The van der Waals surface area contributed by atoms with Crippen molar-refractivity contribution in [2.75, 3.05) is 5.32 Å². The number of hydrogen-bond donors (Lipinski definition) is 1. The average molecular weight is 376 g/mol. The molecule has 0 saturated heterocycles. The molecule has 2 heterocycles. The van der Waals surface area contributed by atoms with Crippen LogP contribution in [0.2, 0.25) is 5.02 Å². The van der Waals surface area contributed by atoms with E-state index < -0.39 is 6.04 Å². The molecule has 1 amide bonds. The van der Waals surface area contributed by atoms with Crippen molar-refractivity contribution in [3.8, 4) is 0 Å². The normalized spacial score (nSPS) is 12.4. The highest BCUT2D eigenvalue weighted by molar-refractivity contribution is 7.18. The fourth-order valence-corrected chi connectivity index (χ4v) is 3.74. The van der Waals surface area contributed by atoms with Gasteiger partial charge in [-0.05, 0) is 51.0 Å². The molecular weight excluding hydrogens is 358 g/mol. The summed E-state index contributed by atoms with van der Waals surface area (Å²) in [6.07, 6.45) is 1.44. The third kappa shape index (κ3) is 3.19. The van der Waals surface area contributed by atoms with Crippen LogP contribution in [-0.4, -0.2) is 15.5 Å². The summed E-state index contributed by atoms with van der Waals surface area (Å²) >= 11 is 7.58. The first-order valence-electron chi connectivity index (χ1n) is 7.83. The minimum atomic E-state index is -0.691. The summed E-state index contributed by atoms with van der Waals surface area (Å²) in [4.78, 5) is 31.4. The number of carbonyl (C=O) groups excluding carboxylic acids is 1. The van der Waals surface area contributed by atoms with Crippen LogP contribution in [0.3, 0.4) is 0 Å². The molecule has 0 bridgehead atoms. The summed E-state index contributed by atoms with van der Waals surface area (Å²) in [7, 11) is 0. The van der Waals surface area contributed by atoms with Gasteiger partial charge in [0.25, 0.3) is 5.56 Å². The quantitative estimate of drug-likeness (QED) is 0.744. The Morgan fingerprint density at radius 3 is 2.72 bits per heavy atom. The first kappa shape index (κ1) is 17.6. The molecule has 0 aliphatic rings. The summed E-state index contributed by atoms with van der Waals surface area (Å²) < 4.78 is 1.37. The van der Waals surface area contributed by atoms with E-state index in [1.165, 1.54) is 22.2 Å². The Balaban J connectivity index is 1.93. The summed E-state index contributed by atoms with van der Waals surface area (Å²) in [6, 6.07) is 4.62. The topological polar surface area (TPSA) is 64.0 Å². The molecule has 0 aliphatic carbocycles. The molecule has 0 aliphatic heterocycles. The zero-order valence-electron chi connectivity index (χ0n) is 14.4. The zero-order valence-corrected chi connectivity index (χ0v) is 16.0. The number of nitrogens with zero attached hydrogens (tertiary/aromatic N) is 2. The van der Waals surface area contributed by atoms with E-state index in [0.717, 1.165) is 16.0 Å². The minimum Gasteiger partial charge on any atom is -0.324 e. The Kier molecular flexibility index (Phi) is 4.67. The van der Waals surface area contributed by atoms with Crippen molar-refractivity contribution in [2.24, 2.45) is 0 Å². The molecule has 25 heavy (non-hydrogen) atoms. The molecule has 1 atom stereocenters. The smallest absolute Gasteiger partial charge is 0.263 e. The summed E-state index contributed by atoms with van der Waals surface area (Å²) in [5.74, 6) is -0.298. The van der Waals surface area contributed by atoms with Crippen molar-refractivity contribution >= 4 is 44.7 Å². The lowest BCUT2D eigenvalue weighted by atomic mass is 10.2. The maximum atomic E-state index is 12.8. The molecule has 130 valence electrons. The first-order valence-corrected chi connectivity index (χ1v) is 9.03. The number of aromatic nitrogens is 2. The van der Waals surface area contributed by atoms with Gasteiger partial charge in [-0.2, -0.15) is 0 Å². The van der Waals surface area contributed by atoms with Crippen LogP contribution in [0.5, 0.6) is 0 Å². The molecular formula is C18H18ClN3O2S. The number of benzene rings is 1. The van der Waals surface area contributed by atoms with Gasteiger partial charge < -0.3 is 5.32 Å². The molecule has 0 unspecified atom stereocenters. The van der Waals surface area contributed by atoms with E-state index >= 15 is 0 Å². The number of amides is 1. The van der Waals surface area contributed by atoms with Crippen LogP contribution < -0.4 is 10.9 Å².